The number of para-hydroxylation sites is 1. The van der Waals surface area contributed by atoms with Crippen LogP contribution in [-0.4, -0.2) is 62.2 Å². The summed E-state index contributed by atoms with van der Waals surface area (Å²) in [5.41, 5.74) is 2.03. The molecule has 0 aromatic heterocycles. The first-order valence-electron chi connectivity index (χ1n) is 14.3. The molecule has 1 aliphatic carbocycles. The summed E-state index contributed by atoms with van der Waals surface area (Å²) < 4.78 is 29.0. The average molecular weight is 611 g/mol. The first-order chi connectivity index (χ1) is 20.1. The molecule has 3 aromatic carbocycles. The van der Waals surface area contributed by atoms with Gasteiger partial charge in [-0.3, -0.25) is 9.59 Å². The highest BCUT2D eigenvalue weighted by molar-refractivity contribution is 7.90. The third-order valence-corrected chi connectivity index (χ3v) is 9.62. The summed E-state index contributed by atoms with van der Waals surface area (Å²) >= 11 is 6.13. The van der Waals surface area contributed by atoms with Crippen LogP contribution in [0.15, 0.2) is 84.9 Å². The summed E-state index contributed by atoms with van der Waals surface area (Å²) in [6, 6.07) is 24.4. The largest absolute Gasteiger partial charge is 0.352 e. The van der Waals surface area contributed by atoms with Crippen molar-refractivity contribution < 1.29 is 18.0 Å². The number of carbonyl (C=O) groups excluding carboxylic acids is 2. The second-order valence-corrected chi connectivity index (χ2v) is 13.3. The molecule has 8 nitrogen and oxygen atoms in total. The zero-order valence-electron chi connectivity index (χ0n) is 24.2. The first kappa shape index (κ1) is 31.5. The predicted molar refractivity (Wildman–Crippen MR) is 167 cm³/mol. The van der Waals surface area contributed by atoms with E-state index >= 15 is 0 Å². The van der Waals surface area contributed by atoms with Gasteiger partial charge in [-0.05, 0) is 48.2 Å². The standard InChI is InChI=1S/C32H39ClN4O4S/c1-35(2)42(40,41)37(29-16-10-5-11-17-29)24-31(38)36(23-26-18-20-27(33)21-19-26)30(22-25-12-6-3-7-13-25)32(39)34-28-14-8-4-9-15-28/h3,5-7,10-13,16-21,28,30H,4,8-9,14-15,22-24H2,1-2H3,(H,34,39). The van der Waals surface area contributed by atoms with Gasteiger partial charge in [-0.25, -0.2) is 4.31 Å². The molecule has 0 spiro atoms. The Morgan fingerprint density at radius 3 is 2.05 bits per heavy atom. The number of amides is 2. The van der Waals surface area contributed by atoms with Crippen LogP contribution in [0.4, 0.5) is 5.69 Å². The zero-order chi connectivity index (χ0) is 30.1. The summed E-state index contributed by atoms with van der Waals surface area (Å²) in [5, 5.41) is 3.76. The minimum Gasteiger partial charge on any atom is -0.352 e. The Bertz CT molecular complexity index is 1410. The van der Waals surface area contributed by atoms with Gasteiger partial charge >= 0.3 is 10.2 Å². The first-order valence-corrected chi connectivity index (χ1v) is 16.1. The molecule has 0 radical (unpaired) electrons. The molecule has 1 atom stereocenters. The number of hydrogen-bond acceptors (Lipinski definition) is 4. The molecule has 1 unspecified atom stereocenters. The van der Waals surface area contributed by atoms with Gasteiger partial charge in [0.05, 0.1) is 5.69 Å². The van der Waals surface area contributed by atoms with Gasteiger partial charge in [0.1, 0.15) is 12.6 Å². The molecule has 1 saturated carbocycles. The molecule has 42 heavy (non-hydrogen) atoms. The van der Waals surface area contributed by atoms with Crippen LogP contribution in [0, 0.1) is 0 Å². The number of halogens is 1. The van der Waals surface area contributed by atoms with Gasteiger partial charge in [0.25, 0.3) is 0 Å². The van der Waals surface area contributed by atoms with Gasteiger partial charge in [-0.15, -0.1) is 0 Å². The maximum absolute atomic E-state index is 14.3. The van der Waals surface area contributed by atoms with Crippen molar-refractivity contribution in [1.29, 1.82) is 0 Å². The molecule has 2 amide bonds. The summed E-state index contributed by atoms with van der Waals surface area (Å²) in [7, 11) is -1.17. The van der Waals surface area contributed by atoms with E-state index in [-0.39, 0.29) is 24.9 Å². The molecule has 0 heterocycles. The minimum absolute atomic E-state index is 0.0481. The molecular formula is C32H39ClN4O4S. The van der Waals surface area contributed by atoms with Crippen molar-refractivity contribution in [1.82, 2.24) is 14.5 Å². The van der Waals surface area contributed by atoms with Crippen molar-refractivity contribution in [3.05, 3.63) is 101 Å². The highest BCUT2D eigenvalue weighted by Gasteiger charge is 2.35. The van der Waals surface area contributed by atoms with E-state index in [1.807, 2.05) is 42.5 Å². The van der Waals surface area contributed by atoms with Crippen molar-refractivity contribution >= 4 is 39.3 Å². The lowest BCUT2D eigenvalue weighted by atomic mass is 9.94. The number of benzene rings is 3. The number of nitrogens with one attached hydrogen (secondary N) is 1. The van der Waals surface area contributed by atoms with Crippen molar-refractivity contribution in [2.24, 2.45) is 0 Å². The molecule has 1 N–H and O–H groups in total. The van der Waals surface area contributed by atoms with Crippen LogP contribution in [0.2, 0.25) is 5.02 Å². The van der Waals surface area contributed by atoms with Gasteiger partial charge in [0.15, 0.2) is 0 Å². The van der Waals surface area contributed by atoms with E-state index in [1.165, 1.54) is 19.0 Å². The average Bonchev–Trinajstić information content (AvgIpc) is 2.99. The van der Waals surface area contributed by atoms with E-state index in [0.717, 1.165) is 51.8 Å². The molecule has 0 bridgehead atoms. The minimum atomic E-state index is -4.03. The maximum atomic E-state index is 14.3. The number of hydrogen-bond donors (Lipinski definition) is 1. The van der Waals surface area contributed by atoms with Crippen molar-refractivity contribution in [2.45, 2.75) is 57.2 Å². The zero-order valence-corrected chi connectivity index (χ0v) is 25.7. The fraction of sp³-hybridized carbons (Fsp3) is 0.375. The van der Waals surface area contributed by atoms with E-state index < -0.39 is 28.7 Å². The molecule has 3 aromatic rings. The number of anilines is 1. The molecular weight excluding hydrogens is 572 g/mol. The van der Waals surface area contributed by atoms with E-state index in [0.29, 0.717) is 10.7 Å². The third kappa shape index (κ3) is 8.33. The Kier molecular flexibility index (Phi) is 11.0. The summed E-state index contributed by atoms with van der Waals surface area (Å²) in [6.07, 6.45) is 5.34. The van der Waals surface area contributed by atoms with E-state index in [4.69, 9.17) is 11.6 Å². The molecule has 4 rings (SSSR count). The SMILES string of the molecule is CN(C)S(=O)(=O)N(CC(=O)N(Cc1ccc(Cl)cc1)C(Cc1ccccc1)C(=O)NC1CCCCC1)c1ccccc1. The third-order valence-electron chi connectivity index (χ3n) is 7.55. The van der Waals surface area contributed by atoms with Gasteiger partial charge in [0.2, 0.25) is 11.8 Å². The lowest BCUT2D eigenvalue weighted by molar-refractivity contribution is -0.140. The summed E-state index contributed by atoms with van der Waals surface area (Å²) in [5.74, 6) is -0.728. The Hall–Kier alpha value is -3.40. The van der Waals surface area contributed by atoms with Gasteiger partial charge in [0, 0.05) is 38.1 Å². The number of rotatable bonds is 12. The Balaban J connectivity index is 1.73. The van der Waals surface area contributed by atoms with Crippen LogP contribution < -0.4 is 9.62 Å². The summed E-state index contributed by atoms with van der Waals surface area (Å²) in [6.45, 7) is -0.365. The quantitative estimate of drug-likeness (QED) is 0.311. The highest BCUT2D eigenvalue weighted by Crippen LogP contribution is 2.23. The van der Waals surface area contributed by atoms with E-state index in [2.05, 4.69) is 5.32 Å². The van der Waals surface area contributed by atoms with Crippen LogP contribution in [0.25, 0.3) is 0 Å². The topological polar surface area (TPSA) is 90.0 Å². The molecule has 0 saturated heterocycles. The molecule has 1 aliphatic rings. The van der Waals surface area contributed by atoms with Crippen LogP contribution in [0.5, 0.6) is 0 Å². The van der Waals surface area contributed by atoms with Crippen molar-refractivity contribution in [2.75, 3.05) is 24.9 Å². The van der Waals surface area contributed by atoms with Crippen LogP contribution >= 0.6 is 11.6 Å². The molecule has 224 valence electrons. The fourth-order valence-corrected chi connectivity index (χ4v) is 6.38. The van der Waals surface area contributed by atoms with Gasteiger partial charge in [-0.2, -0.15) is 12.7 Å². The monoisotopic (exact) mass is 610 g/mol. The normalized spacial score (nSPS) is 14.8. The molecule has 10 heteroatoms. The van der Waals surface area contributed by atoms with Crippen LogP contribution in [-0.2, 0) is 32.8 Å². The second kappa shape index (κ2) is 14.7. The number of carbonyl (C=O) groups is 2. The van der Waals surface area contributed by atoms with Crippen LogP contribution in [0.1, 0.15) is 43.2 Å². The Labute approximate surface area is 254 Å². The second-order valence-electron chi connectivity index (χ2n) is 10.8. The maximum Gasteiger partial charge on any atom is 0.304 e. The van der Waals surface area contributed by atoms with Crippen LogP contribution in [0.3, 0.4) is 0 Å². The number of nitrogens with zero attached hydrogens (tertiary/aromatic N) is 3. The lowest BCUT2D eigenvalue weighted by Gasteiger charge is -2.35. The Morgan fingerprint density at radius 1 is 0.857 bits per heavy atom. The smallest absolute Gasteiger partial charge is 0.304 e. The highest BCUT2D eigenvalue weighted by atomic mass is 35.5. The molecule has 1 fully saturated rings. The van der Waals surface area contributed by atoms with Crippen molar-refractivity contribution in [3.63, 3.8) is 0 Å². The molecule has 0 aliphatic heterocycles. The lowest BCUT2D eigenvalue weighted by Crippen LogP contribution is -2.55. The van der Waals surface area contributed by atoms with Crippen molar-refractivity contribution in [3.8, 4) is 0 Å². The van der Waals surface area contributed by atoms with E-state index in [1.54, 1.807) is 42.5 Å². The van der Waals surface area contributed by atoms with Gasteiger partial charge in [-0.1, -0.05) is 91.5 Å². The Morgan fingerprint density at radius 2 is 1.45 bits per heavy atom. The predicted octanol–water partition coefficient (Wildman–Crippen LogP) is 5.04. The van der Waals surface area contributed by atoms with E-state index in [9.17, 15) is 18.0 Å². The summed E-state index contributed by atoms with van der Waals surface area (Å²) in [4.78, 5) is 29.8. The fourth-order valence-electron chi connectivity index (χ4n) is 5.20. The van der Waals surface area contributed by atoms with Gasteiger partial charge < -0.3 is 10.2 Å².